The third kappa shape index (κ3) is 4.99. The summed E-state index contributed by atoms with van der Waals surface area (Å²) in [7, 11) is 0. The highest BCUT2D eigenvalue weighted by atomic mass is 35.5. The molecule has 0 bridgehead atoms. The molecule has 0 aromatic heterocycles. The topological polar surface area (TPSA) is 75.4 Å². The van der Waals surface area contributed by atoms with Gasteiger partial charge in [0.25, 0.3) is 0 Å². The molecule has 3 N–H and O–H groups in total. The molecule has 21 heavy (non-hydrogen) atoms. The Morgan fingerprint density at radius 2 is 2.00 bits per heavy atom. The number of hydrogen-bond donors (Lipinski definition) is 2. The zero-order valence-electron chi connectivity index (χ0n) is 11.5. The molecule has 1 saturated heterocycles. The standard InChI is InChI=1S/C14H18FN3O2.ClH/c15-11-3-1-10(2-4-11)9-12(16)14(20)18-7-5-13(19)17-6-8-18;/h1-4,12H,5-9,16H2,(H,17,19);1H. The van der Waals surface area contributed by atoms with E-state index in [4.69, 9.17) is 5.73 Å². The van der Waals surface area contributed by atoms with Crippen molar-refractivity contribution in [2.24, 2.45) is 5.73 Å². The Bertz CT molecular complexity index is 495. The number of nitrogens with zero attached hydrogens (tertiary/aromatic N) is 1. The van der Waals surface area contributed by atoms with Crippen LogP contribution in [-0.2, 0) is 16.0 Å². The first kappa shape index (κ1) is 17.4. The SMILES string of the molecule is Cl.NC(Cc1ccc(F)cc1)C(=O)N1CCNC(=O)CC1. The Labute approximate surface area is 129 Å². The van der Waals surface area contributed by atoms with Crippen LogP contribution in [0.1, 0.15) is 12.0 Å². The van der Waals surface area contributed by atoms with Crippen molar-refractivity contribution in [1.29, 1.82) is 0 Å². The Morgan fingerprint density at radius 1 is 1.33 bits per heavy atom. The van der Waals surface area contributed by atoms with Crippen LogP contribution in [0.3, 0.4) is 0 Å². The van der Waals surface area contributed by atoms with Gasteiger partial charge in [0.2, 0.25) is 11.8 Å². The summed E-state index contributed by atoms with van der Waals surface area (Å²) in [6.45, 7) is 1.32. The molecule has 1 fully saturated rings. The lowest BCUT2D eigenvalue weighted by Gasteiger charge is -2.23. The van der Waals surface area contributed by atoms with Crippen molar-refractivity contribution in [1.82, 2.24) is 10.2 Å². The first-order valence-electron chi connectivity index (χ1n) is 6.62. The van der Waals surface area contributed by atoms with Gasteiger partial charge in [-0.1, -0.05) is 12.1 Å². The van der Waals surface area contributed by atoms with E-state index in [0.717, 1.165) is 5.56 Å². The van der Waals surface area contributed by atoms with Gasteiger partial charge in [-0.3, -0.25) is 9.59 Å². The number of amides is 2. The minimum Gasteiger partial charge on any atom is -0.354 e. The smallest absolute Gasteiger partial charge is 0.239 e. The van der Waals surface area contributed by atoms with Gasteiger partial charge in [0.1, 0.15) is 5.82 Å². The lowest BCUT2D eigenvalue weighted by Crippen LogP contribution is -2.46. The summed E-state index contributed by atoms with van der Waals surface area (Å²) in [4.78, 5) is 25.0. The third-order valence-electron chi connectivity index (χ3n) is 3.31. The molecule has 1 aromatic rings. The highest BCUT2D eigenvalue weighted by Gasteiger charge is 2.23. The second-order valence-electron chi connectivity index (χ2n) is 4.86. The van der Waals surface area contributed by atoms with Gasteiger partial charge in [-0.15, -0.1) is 12.4 Å². The van der Waals surface area contributed by atoms with E-state index in [1.807, 2.05) is 0 Å². The number of nitrogens with two attached hydrogens (primary N) is 1. The van der Waals surface area contributed by atoms with Crippen LogP contribution < -0.4 is 11.1 Å². The number of rotatable bonds is 3. The monoisotopic (exact) mass is 315 g/mol. The number of hydrogen-bond acceptors (Lipinski definition) is 3. The fraction of sp³-hybridized carbons (Fsp3) is 0.429. The summed E-state index contributed by atoms with van der Waals surface area (Å²) in [6, 6.07) is 5.27. The molecule has 1 atom stereocenters. The maximum Gasteiger partial charge on any atom is 0.239 e. The van der Waals surface area contributed by atoms with Crippen LogP contribution in [0.25, 0.3) is 0 Å². The van der Waals surface area contributed by atoms with Gasteiger partial charge in [-0.05, 0) is 24.1 Å². The van der Waals surface area contributed by atoms with Crippen molar-refractivity contribution in [2.75, 3.05) is 19.6 Å². The predicted molar refractivity (Wildman–Crippen MR) is 79.5 cm³/mol. The van der Waals surface area contributed by atoms with Crippen LogP contribution in [0.5, 0.6) is 0 Å². The average Bonchev–Trinajstić information content (AvgIpc) is 2.65. The summed E-state index contributed by atoms with van der Waals surface area (Å²) in [5, 5.41) is 2.71. The average molecular weight is 316 g/mol. The maximum atomic E-state index is 12.8. The first-order valence-corrected chi connectivity index (χ1v) is 6.62. The predicted octanol–water partition coefficient (Wildman–Crippen LogP) is 0.466. The van der Waals surface area contributed by atoms with Gasteiger partial charge >= 0.3 is 0 Å². The fourth-order valence-corrected chi connectivity index (χ4v) is 2.18. The van der Waals surface area contributed by atoms with Gasteiger partial charge in [0.05, 0.1) is 6.04 Å². The molecule has 1 heterocycles. The molecule has 0 spiro atoms. The van der Waals surface area contributed by atoms with Crippen LogP contribution in [0, 0.1) is 5.82 Å². The molecule has 2 rings (SSSR count). The van der Waals surface area contributed by atoms with Crippen LogP contribution >= 0.6 is 12.4 Å². The van der Waals surface area contributed by atoms with Gasteiger partial charge < -0.3 is 16.0 Å². The van der Waals surface area contributed by atoms with Gasteiger partial charge in [-0.2, -0.15) is 0 Å². The Hall–Kier alpha value is -1.66. The second kappa shape index (κ2) is 7.95. The molecule has 7 heteroatoms. The minimum atomic E-state index is -0.673. The van der Waals surface area contributed by atoms with Gasteiger partial charge in [0, 0.05) is 26.1 Å². The van der Waals surface area contributed by atoms with Crippen molar-refractivity contribution >= 4 is 24.2 Å². The van der Waals surface area contributed by atoms with Gasteiger partial charge in [-0.25, -0.2) is 4.39 Å². The molecule has 0 saturated carbocycles. The maximum absolute atomic E-state index is 12.8. The number of halogens is 2. The largest absolute Gasteiger partial charge is 0.354 e. The van der Waals surface area contributed by atoms with Crippen LogP contribution in [0.4, 0.5) is 4.39 Å². The summed E-state index contributed by atoms with van der Waals surface area (Å²) in [5.74, 6) is -0.538. The molecular formula is C14H19ClFN3O2. The lowest BCUT2D eigenvalue weighted by molar-refractivity contribution is -0.132. The summed E-state index contributed by atoms with van der Waals surface area (Å²) >= 11 is 0. The second-order valence-corrected chi connectivity index (χ2v) is 4.86. The number of benzene rings is 1. The van der Waals surface area contributed by atoms with Crippen molar-refractivity contribution in [3.63, 3.8) is 0 Å². The molecule has 2 amide bonds. The molecule has 1 aliphatic rings. The van der Waals surface area contributed by atoms with E-state index in [1.165, 1.54) is 12.1 Å². The minimum absolute atomic E-state index is 0. The summed E-state index contributed by atoms with van der Waals surface area (Å²) in [6.07, 6.45) is 0.659. The normalized spacial score (nSPS) is 16.5. The van der Waals surface area contributed by atoms with Crippen molar-refractivity contribution in [3.8, 4) is 0 Å². The molecule has 5 nitrogen and oxygen atoms in total. The third-order valence-corrected chi connectivity index (χ3v) is 3.31. The summed E-state index contributed by atoms with van der Waals surface area (Å²) in [5.41, 5.74) is 6.73. The Morgan fingerprint density at radius 3 is 2.67 bits per heavy atom. The van der Waals surface area contributed by atoms with Crippen molar-refractivity contribution < 1.29 is 14.0 Å². The highest BCUT2D eigenvalue weighted by Crippen LogP contribution is 2.07. The van der Waals surface area contributed by atoms with E-state index in [9.17, 15) is 14.0 Å². The van der Waals surface area contributed by atoms with Gasteiger partial charge in [0.15, 0.2) is 0 Å². The van der Waals surface area contributed by atoms with Crippen LogP contribution in [0.15, 0.2) is 24.3 Å². The van der Waals surface area contributed by atoms with Crippen molar-refractivity contribution in [3.05, 3.63) is 35.6 Å². The lowest BCUT2D eigenvalue weighted by atomic mass is 10.1. The van der Waals surface area contributed by atoms with Crippen LogP contribution in [0.2, 0.25) is 0 Å². The number of carbonyl (C=O) groups excluding carboxylic acids is 2. The van der Waals surface area contributed by atoms with Crippen molar-refractivity contribution in [2.45, 2.75) is 18.9 Å². The molecule has 1 aliphatic heterocycles. The fourth-order valence-electron chi connectivity index (χ4n) is 2.18. The zero-order valence-corrected chi connectivity index (χ0v) is 12.4. The van der Waals surface area contributed by atoms with Crippen LogP contribution in [-0.4, -0.2) is 42.4 Å². The Balaban J connectivity index is 0.00000220. The number of nitrogens with one attached hydrogen (secondary N) is 1. The molecule has 1 aromatic carbocycles. The molecule has 0 aliphatic carbocycles. The molecule has 0 radical (unpaired) electrons. The van der Waals surface area contributed by atoms with E-state index < -0.39 is 6.04 Å². The van der Waals surface area contributed by atoms with E-state index in [1.54, 1.807) is 17.0 Å². The molecular weight excluding hydrogens is 297 g/mol. The number of carbonyl (C=O) groups is 2. The molecule has 1 unspecified atom stereocenters. The quantitative estimate of drug-likeness (QED) is 0.851. The summed E-state index contributed by atoms with van der Waals surface area (Å²) < 4.78 is 12.8. The van der Waals surface area contributed by atoms with E-state index in [2.05, 4.69) is 5.32 Å². The highest BCUT2D eigenvalue weighted by molar-refractivity contribution is 5.85. The van der Waals surface area contributed by atoms with E-state index >= 15 is 0 Å². The van der Waals surface area contributed by atoms with E-state index in [0.29, 0.717) is 32.5 Å². The van der Waals surface area contributed by atoms with E-state index in [-0.39, 0.29) is 30.0 Å². The first-order chi connectivity index (χ1) is 9.56. The zero-order chi connectivity index (χ0) is 14.5. The molecule has 116 valence electrons. The Kier molecular flexibility index (Phi) is 6.58.